The number of hydrogen-bond acceptors (Lipinski definition) is 3. The van der Waals surface area contributed by atoms with Crippen LogP contribution in [-0.4, -0.2) is 38.2 Å². The fourth-order valence-electron chi connectivity index (χ4n) is 2.44. The Kier molecular flexibility index (Phi) is 5.67. The van der Waals surface area contributed by atoms with E-state index in [1.165, 1.54) is 31.5 Å². The van der Waals surface area contributed by atoms with Gasteiger partial charge in [0.1, 0.15) is 12.4 Å². The van der Waals surface area contributed by atoms with Gasteiger partial charge in [0.05, 0.1) is 0 Å². The fourth-order valence-corrected chi connectivity index (χ4v) is 2.81. The van der Waals surface area contributed by atoms with E-state index in [4.69, 9.17) is 4.74 Å². The molecule has 1 atom stereocenters. The summed E-state index contributed by atoms with van der Waals surface area (Å²) in [7, 11) is 1.97. The third-order valence-electron chi connectivity index (χ3n) is 3.74. The zero-order valence-electron chi connectivity index (χ0n) is 11.8. The lowest BCUT2D eigenvalue weighted by Crippen LogP contribution is -2.25. The predicted octanol–water partition coefficient (Wildman–Crippen LogP) is 3.20. The second kappa shape index (κ2) is 7.27. The summed E-state index contributed by atoms with van der Waals surface area (Å²) in [6, 6.07) is 6.51. The molecule has 0 amide bonds. The number of ether oxygens (including phenoxy) is 1. The zero-order chi connectivity index (χ0) is 13.7. The summed E-state index contributed by atoms with van der Waals surface area (Å²) >= 11 is 3.52. The van der Waals surface area contributed by atoms with Crippen LogP contribution in [0.25, 0.3) is 0 Å². The van der Waals surface area contributed by atoms with Gasteiger partial charge in [-0.2, -0.15) is 0 Å². The van der Waals surface area contributed by atoms with Crippen LogP contribution in [0.2, 0.25) is 0 Å². The highest BCUT2D eigenvalue weighted by Crippen LogP contribution is 2.28. The molecule has 1 aromatic carbocycles. The van der Waals surface area contributed by atoms with Crippen molar-refractivity contribution in [2.75, 3.05) is 33.3 Å². The molecule has 1 aromatic rings. The standard InChI is InChI=1S/C15H23BrN2O/c1-12(17-2)14-11-13(16)5-6-15(14)19-10-9-18-7-3-4-8-18/h5-6,11-12,17H,3-4,7-10H2,1-2H3. The van der Waals surface area contributed by atoms with Crippen molar-refractivity contribution >= 4 is 15.9 Å². The van der Waals surface area contributed by atoms with Crippen molar-refractivity contribution < 1.29 is 4.74 Å². The second-order valence-electron chi connectivity index (χ2n) is 5.09. The van der Waals surface area contributed by atoms with Crippen LogP contribution >= 0.6 is 15.9 Å². The zero-order valence-corrected chi connectivity index (χ0v) is 13.4. The summed E-state index contributed by atoms with van der Waals surface area (Å²) in [6.45, 7) is 6.40. The highest BCUT2D eigenvalue weighted by atomic mass is 79.9. The molecular weight excluding hydrogens is 304 g/mol. The Morgan fingerprint density at radius 2 is 2.11 bits per heavy atom. The molecule has 0 saturated carbocycles. The maximum Gasteiger partial charge on any atom is 0.124 e. The quantitative estimate of drug-likeness (QED) is 0.868. The summed E-state index contributed by atoms with van der Waals surface area (Å²) in [5.41, 5.74) is 1.21. The molecule has 1 fully saturated rings. The highest BCUT2D eigenvalue weighted by Gasteiger charge is 2.13. The van der Waals surface area contributed by atoms with Crippen LogP contribution in [0.1, 0.15) is 31.4 Å². The van der Waals surface area contributed by atoms with E-state index >= 15 is 0 Å². The molecule has 1 aliphatic heterocycles. The van der Waals surface area contributed by atoms with Gasteiger partial charge in [0, 0.05) is 22.6 Å². The van der Waals surface area contributed by atoms with E-state index in [1.54, 1.807) is 0 Å². The van der Waals surface area contributed by atoms with Gasteiger partial charge in [0.15, 0.2) is 0 Å². The van der Waals surface area contributed by atoms with Crippen LogP contribution in [0.15, 0.2) is 22.7 Å². The Morgan fingerprint density at radius 3 is 2.79 bits per heavy atom. The van der Waals surface area contributed by atoms with Crippen LogP contribution in [0.3, 0.4) is 0 Å². The average molecular weight is 327 g/mol. The monoisotopic (exact) mass is 326 g/mol. The van der Waals surface area contributed by atoms with Gasteiger partial charge in [0.25, 0.3) is 0 Å². The first-order chi connectivity index (χ1) is 9.20. The first-order valence-corrected chi connectivity index (χ1v) is 7.82. The number of nitrogens with zero attached hydrogens (tertiary/aromatic N) is 1. The molecule has 0 spiro atoms. The van der Waals surface area contributed by atoms with E-state index in [2.05, 4.69) is 45.2 Å². The Balaban J connectivity index is 1.94. The van der Waals surface area contributed by atoms with Crippen molar-refractivity contribution in [1.82, 2.24) is 10.2 Å². The van der Waals surface area contributed by atoms with E-state index in [9.17, 15) is 0 Å². The Bertz CT molecular complexity index is 405. The summed E-state index contributed by atoms with van der Waals surface area (Å²) in [6.07, 6.45) is 2.67. The molecule has 2 rings (SSSR count). The fraction of sp³-hybridized carbons (Fsp3) is 0.600. The molecule has 1 heterocycles. The van der Waals surface area contributed by atoms with Gasteiger partial charge in [-0.3, -0.25) is 4.90 Å². The number of halogens is 1. The number of nitrogens with one attached hydrogen (secondary N) is 1. The molecule has 0 aliphatic carbocycles. The predicted molar refractivity (Wildman–Crippen MR) is 82.8 cm³/mol. The molecule has 3 nitrogen and oxygen atoms in total. The number of rotatable bonds is 6. The maximum atomic E-state index is 5.97. The van der Waals surface area contributed by atoms with Crippen molar-refractivity contribution in [3.63, 3.8) is 0 Å². The minimum atomic E-state index is 0.291. The van der Waals surface area contributed by atoms with E-state index in [1.807, 2.05) is 13.1 Å². The summed E-state index contributed by atoms with van der Waals surface area (Å²) < 4.78 is 7.07. The number of hydrogen-bond donors (Lipinski definition) is 1. The molecule has 0 aromatic heterocycles. The molecule has 0 radical (unpaired) electrons. The Morgan fingerprint density at radius 1 is 1.37 bits per heavy atom. The van der Waals surface area contributed by atoms with Gasteiger partial charge in [-0.05, 0) is 58.1 Å². The third kappa shape index (κ3) is 4.20. The molecular formula is C15H23BrN2O. The van der Waals surface area contributed by atoms with E-state index in [-0.39, 0.29) is 0 Å². The lowest BCUT2D eigenvalue weighted by molar-refractivity contribution is 0.235. The largest absolute Gasteiger partial charge is 0.492 e. The Hall–Kier alpha value is -0.580. The summed E-state index contributed by atoms with van der Waals surface area (Å²) in [5, 5.41) is 3.27. The third-order valence-corrected chi connectivity index (χ3v) is 4.23. The van der Waals surface area contributed by atoms with E-state index < -0.39 is 0 Å². The van der Waals surface area contributed by atoms with Crippen molar-refractivity contribution in [2.45, 2.75) is 25.8 Å². The van der Waals surface area contributed by atoms with Gasteiger partial charge in [-0.1, -0.05) is 15.9 Å². The smallest absolute Gasteiger partial charge is 0.124 e. The van der Waals surface area contributed by atoms with Gasteiger partial charge in [-0.15, -0.1) is 0 Å². The van der Waals surface area contributed by atoms with Crippen molar-refractivity contribution in [3.8, 4) is 5.75 Å². The molecule has 19 heavy (non-hydrogen) atoms. The number of likely N-dealkylation sites (tertiary alicyclic amines) is 1. The molecule has 4 heteroatoms. The van der Waals surface area contributed by atoms with Crippen LogP contribution in [0.4, 0.5) is 0 Å². The number of benzene rings is 1. The maximum absolute atomic E-state index is 5.97. The minimum absolute atomic E-state index is 0.291. The molecule has 1 aliphatic rings. The molecule has 106 valence electrons. The average Bonchev–Trinajstić information content (AvgIpc) is 2.92. The van der Waals surface area contributed by atoms with Crippen LogP contribution < -0.4 is 10.1 Å². The van der Waals surface area contributed by atoms with Gasteiger partial charge in [-0.25, -0.2) is 0 Å². The SMILES string of the molecule is CNC(C)c1cc(Br)ccc1OCCN1CCCC1. The molecule has 1 unspecified atom stereocenters. The first kappa shape index (κ1) is 14.8. The van der Waals surface area contributed by atoms with Gasteiger partial charge >= 0.3 is 0 Å². The lowest BCUT2D eigenvalue weighted by Gasteiger charge is -2.19. The summed E-state index contributed by atoms with van der Waals surface area (Å²) in [4.78, 5) is 2.47. The summed E-state index contributed by atoms with van der Waals surface area (Å²) in [5.74, 6) is 0.990. The van der Waals surface area contributed by atoms with Crippen molar-refractivity contribution in [2.24, 2.45) is 0 Å². The van der Waals surface area contributed by atoms with Crippen LogP contribution in [0.5, 0.6) is 5.75 Å². The van der Waals surface area contributed by atoms with E-state index in [0.29, 0.717) is 6.04 Å². The van der Waals surface area contributed by atoms with Gasteiger partial charge < -0.3 is 10.1 Å². The van der Waals surface area contributed by atoms with Crippen molar-refractivity contribution in [3.05, 3.63) is 28.2 Å². The minimum Gasteiger partial charge on any atom is -0.492 e. The van der Waals surface area contributed by atoms with E-state index in [0.717, 1.165) is 23.4 Å². The van der Waals surface area contributed by atoms with Crippen LogP contribution in [-0.2, 0) is 0 Å². The topological polar surface area (TPSA) is 24.5 Å². The molecule has 1 saturated heterocycles. The second-order valence-corrected chi connectivity index (χ2v) is 6.01. The van der Waals surface area contributed by atoms with Crippen LogP contribution in [0, 0.1) is 0 Å². The first-order valence-electron chi connectivity index (χ1n) is 7.02. The molecule has 1 N–H and O–H groups in total. The highest BCUT2D eigenvalue weighted by molar-refractivity contribution is 9.10. The normalized spacial score (nSPS) is 17.6. The van der Waals surface area contributed by atoms with Gasteiger partial charge in [0.2, 0.25) is 0 Å². The molecule has 0 bridgehead atoms. The Labute approximate surface area is 124 Å². The lowest BCUT2D eigenvalue weighted by atomic mass is 10.1. The van der Waals surface area contributed by atoms with Crippen molar-refractivity contribution in [1.29, 1.82) is 0 Å².